The van der Waals surface area contributed by atoms with Crippen LogP contribution in [-0.4, -0.2) is 21.1 Å². The van der Waals surface area contributed by atoms with E-state index in [0.29, 0.717) is 17.0 Å². The molecule has 0 atom stereocenters. The third-order valence-corrected chi connectivity index (χ3v) is 2.28. The van der Waals surface area contributed by atoms with Crippen LogP contribution in [0.4, 0.5) is 5.95 Å². The van der Waals surface area contributed by atoms with Crippen LogP contribution in [0.2, 0.25) is 0 Å². The van der Waals surface area contributed by atoms with Gasteiger partial charge in [-0.3, -0.25) is 9.78 Å². The summed E-state index contributed by atoms with van der Waals surface area (Å²) in [4.78, 5) is 18.7. The van der Waals surface area contributed by atoms with Gasteiger partial charge in [-0.25, -0.2) is 0 Å². The molecule has 15 heavy (non-hydrogen) atoms. The molecule has 0 saturated heterocycles. The molecule has 5 nitrogen and oxygen atoms in total. The van der Waals surface area contributed by atoms with Crippen molar-refractivity contribution in [2.24, 2.45) is 7.05 Å². The summed E-state index contributed by atoms with van der Waals surface area (Å²) in [7, 11) is 1.87. The van der Waals surface area contributed by atoms with Gasteiger partial charge in [0, 0.05) is 19.8 Å². The smallest absolute Gasteiger partial charge is 0.261 e. The minimum Gasteiger partial charge on any atom is -0.356 e. The van der Waals surface area contributed by atoms with Crippen molar-refractivity contribution in [3.8, 4) is 0 Å². The van der Waals surface area contributed by atoms with Gasteiger partial charge in [0.25, 0.3) is 5.56 Å². The van der Waals surface area contributed by atoms with Crippen LogP contribution in [0.25, 0.3) is 11.0 Å². The molecule has 0 radical (unpaired) electrons. The van der Waals surface area contributed by atoms with Gasteiger partial charge >= 0.3 is 0 Å². The number of aryl methyl sites for hydroxylation is 1. The number of H-pyrrole nitrogens is 1. The lowest BCUT2D eigenvalue weighted by molar-refractivity contribution is 0.924. The summed E-state index contributed by atoms with van der Waals surface area (Å²) < 4.78 is 1.84. The summed E-state index contributed by atoms with van der Waals surface area (Å²) in [5.74, 6) is 0.538. The molecule has 0 aromatic carbocycles. The fourth-order valence-electron chi connectivity index (χ4n) is 1.47. The topological polar surface area (TPSA) is 62.7 Å². The molecule has 0 amide bonds. The van der Waals surface area contributed by atoms with Gasteiger partial charge in [-0.2, -0.15) is 4.98 Å². The first-order valence-electron chi connectivity index (χ1n) is 5.01. The zero-order chi connectivity index (χ0) is 10.8. The number of aromatic amines is 1. The van der Waals surface area contributed by atoms with Gasteiger partial charge in [-0.05, 0) is 12.5 Å². The number of nitrogens with zero attached hydrogens (tertiary/aromatic N) is 2. The lowest BCUT2D eigenvalue weighted by atomic mass is 10.4. The van der Waals surface area contributed by atoms with Crippen molar-refractivity contribution in [3.05, 3.63) is 22.6 Å². The highest BCUT2D eigenvalue weighted by Gasteiger charge is 2.05. The van der Waals surface area contributed by atoms with Crippen LogP contribution >= 0.6 is 0 Å². The second kappa shape index (κ2) is 3.76. The van der Waals surface area contributed by atoms with Gasteiger partial charge in [0.15, 0.2) is 0 Å². The molecule has 2 heterocycles. The van der Waals surface area contributed by atoms with Crippen molar-refractivity contribution >= 4 is 17.0 Å². The van der Waals surface area contributed by atoms with Crippen LogP contribution in [0.1, 0.15) is 13.3 Å². The Morgan fingerprint density at radius 1 is 1.60 bits per heavy atom. The van der Waals surface area contributed by atoms with E-state index in [0.717, 1.165) is 13.0 Å². The van der Waals surface area contributed by atoms with Crippen molar-refractivity contribution in [2.45, 2.75) is 13.3 Å². The molecule has 0 fully saturated rings. The number of hydrogen-bond acceptors (Lipinski definition) is 3. The third kappa shape index (κ3) is 1.72. The molecule has 0 aliphatic carbocycles. The number of nitrogens with one attached hydrogen (secondary N) is 2. The van der Waals surface area contributed by atoms with E-state index in [4.69, 9.17) is 0 Å². The number of anilines is 1. The van der Waals surface area contributed by atoms with Gasteiger partial charge in [0.2, 0.25) is 5.95 Å². The molecule has 0 aliphatic heterocycles. The first-order valence-corrected chi connectivity index (χ1v) is 5.01. The molecular weight excluding hydrogens is 192 g/mol. The molecule has 0 spiro atoms. The van der Waals surface area contributed by atoms with Crippen molar-refractivity contribution in [2.75, 3.05) is 11.9 Å². The zero-order valence-electron chi connectivity index (χ0n) is 8.87. The molecule has 0 saturated carbocycles. The Hall–Kier alpha value is -1.78. The summed E-state index contributed by atoms with van der Waals surface area (Å²) in [6, 6.07) is 1.77. The Balaban J connectivity index is 2.50. The fourth-order valence-corrected chi connectivity index (χ4v) is 1.47. The molecule has 80 valence electrons. The summed E-state index contributed by atoms with van der Waals surface area (Å²) in [6.07, 6.45) is 2.82. The van der Waals surface area contributed by atoms with Crippen molar-refractivity contribution < 1.29 is 0 Å². The molecule has 2 N–H and O–H groups in total. The zero-order valence-corrected chi connectivity index (χ0v) is 8.87. The second-order valence-electron chi connectivity index (χ2n) is 3.51. The molecule has 2 aromatic heterocycles. The average Bonchev–Trinajstić information content (AvgIpc) is 2.58. The fraction of sp³-hybridized carbons (Fsp3) is 0.400. The maximum atomic E-state index is 11.6. The van der Waals surface area contributed by atoms with Crippen LogP contribution in [0.5, 0.6) is 0 Å². The molecule has 2 rings (SSSR count). The predicted molar refractivity (Wildman–Crippen MR) is 60.1 cm³/mol. The van der Waals surface area contributed by atoms with Crippen molar-refractivity contribution in [1.82, 2.24) is 14.5 Å². The van der Waals surface area contributed by atoms with E-state index in [2.05, 4.69) is 22.2 Å². The third-order valence-electron chi connectivity index (χ3n) is 2.28. The van der Waals surface area contributed by atoms with Gasteiger partial charge in [0.1, 0.15) is 5.65 Å². The van der Waals surface area contributed by atoms with Crippen molar-refractivity contribution in [1.29, 1.82) is 0 Å². The SMILES string of the molecule is CCCNc1nc2c(ccn2C)c(=O)[nH]1. The molecule has 5 heteroatoms. The van der Waals surface area contributed by atoms with Crippen LogP contribution < -0.4 is 10.9 Å². The lowest BCUT2D eigenvalue weighted by Crippen LogP contribution is -2.13. The van der Waals surface area contributed by atoms with Crippen LogP contribution in [0.15, 0.2) is 17.1 Å². The summed E-state index contributed by atoms with van der Waals surface area (Å²) in [5, 5.41) is 3.69. The lowest BCUT2D eigenvalue weighted by Gasteiger charge is -2.03. The van der Waals surface area contributed by atoms with E-state index in [9.17, 15) is 4.79 Å². The van der Waals surface area contributed by atoms with Crippen LogP contribution in [0, 0.1) is 0 Å². The Morgan fingerprint density at radius 2 is 2.40 bits per heavy atom. The average molecular weight is 206 g/mol. The Morgan fingerprint density at radius 3 is 3.13 bits per heavy atom. The summed E-state index contributed by atoms with van der Waals surface area (Å²) in [5.41, 5.74) is 0.608. The highest BCUT2D eigenvalue weighted by atomic mass is 16.1. The standard InChI is InChI=1S/C10H14N4O/c1-3-5-11-10-12-8-7(9(15)13-10)4-6-14(8)2/h4,6H,3,5H2,1-2H3,(H2,11,12,13,15). The summed E-state index contributed by atoms with van der Waals surface area (Å²) >= 11 is 0. The second-order valence-corrected chi connectivity index (χ2v) is 3.51. The maximum Gasteiger partial charge on any atom is 0.261 e. The predicted octanol–water partition coefficient (Wildman–Crippen LogP) is 1.08. The quantitative estimate of drug-likeness (QED) is 0.790. The van der Waals surface area contributed by atoms with E-state index >= 15 is 0 Å². The van der Waals surface area contributed by atoms with E-state index in [1.165, 1.54) is 0 Å². The van der Waals surface area contributed by atoms with Gasteiger partial charge in [-0.1, -0.05) is 6.92 Å². The van der Waals surface area contributed by atoms with E-state index in [-0.39, 0.29) is 5.56 Å². The molecule has 0 unspecified atom stereocenters. The summed E-state index contributed by atoms with van der Waals surface area (Å²) in [6.45, 7) is 2.87. The highest BCUT2D eigenvalue weighted by Crippen LogP contribution is 2.08. The minimum atomic E-state index is -0.0980. The monoisotopic (exact) mass is 206 g/mol. The first-order chi connectivity index (χ1) is 7.22. The Kier molecular flexibility index (Phi) is 2.45. The van der Waals surface area contributed by atoms with Gasteiger partial charge in [0.05, 0.1) is 5.39 Å². The normalized spacial score (nSPS) is 10.8. The Labute approximate surface area is 87.1 Å². The Bertz CT molecular complexity index is 526. The van der Waals surface area contributed by atoms with Crippen molar-refractivity contribution in [3.63, 3.8) is 0 Å². The maximum absolute atomic E-state index is 11.6. The van der Waals surface area contributed by atoms with Gasteiger partial charge in [-0.15, -0.1) is 0 Å². The molecule has 0 bridgehead atoms. The van der Waals surface area contributed by atoms with Crippen LogP contribution in [-0.2, 0) is 7.05 Å². The molecular formula is C10H14N4O. The van der Waals surface area contributed by atoms with E-state index in [1.54, 1.807) is 6.07 Å². The number of rotatable bonds is 3. The molecule has 0 aliphatic rings. The largest absolute Gasteiger partial charge is 0.356 e. The van der Waals surface area contributed by atoms with Gasteiger partial charge < -0.3 is 9.88 Å². The minimum absolute atomic E-state index is 0.0980. The highest BCUT2D eigenvalue weighted by molar-refractivity contribution is 5.75. The molecule has 2 aromatic rings. The number of fused-ring (bicyclic) bond motifs is 1. The van der Waals surface area contributed by atoms with Crippen LogP contribution in [0.3, 0.4) is 0 Å². The number of hydrogen-bond donors (Lipinski definition) is 2. The number of aromatic nitrogens is 3. The van der Waals surface area contributed by atoms with E-state index < -0.39 is 0 Å². The first kappa shape index (κ1) is 9.76. The van der Waals surface area contributed by atoms with E-state index in [1.807, 2.05) is 17.8 Å².